The van der Waals surface area contributed by atoms with Gasteiger partial charge in [0, 0.05) is 23.6 Å². The largest absolute Gasteiger partial charge is 0.462 e. The molecule has 0 spiro atoms. The molecule has 178 valence electrons. The zero-order valence-electron chi connectivity index (χ0n) is 19.8. The highest BCUT2D eigenvalue weighted by Crippen LogP contribution is 2.39. The molecule has 0 saturated carbocycles. The van der Waals surface area contributed by atoms with Crippen LogP contribution in [0.1, 0.15) is 48.4 Å². The lowest BCUT2D eigenvalue weighted by Crippen LogP contribution is -2.06. The van der Waals surface area contributed by atoms with Crippen LogP contribution in [0.3, 0.4) is 0 Å². The number of aromatic nitrogens is 3. The first-order chi connectivity index (χ1) is 17.1. The number of benzene rings is 2. The molecule has 0 amide bonds. The van der Waals surface area contributed by atoms with Gasteiger partial charge in [-0.05, 0) is 49.2 Å². The SMILES string of the molecule is CCCCc1nc2cccnc2n1Cc1ccc2oc(-c3ccccc3C(=O)OCC)c(Cl)c2c1. The van der Waals surface area contributed by atoms with Crippen molar-refractivity contribution in [3.63, 3.8) is 0 Å². The Kier molecular flexibility index (Phi) is 6.55. The summed E-state index contributed by atoms with van der Waals surface area (Å²) in [7, 11) is 0. The van der Waals surface area contributed by atoms with Gasteiger partial charge in [0.25, 0.3) is 0 Å². The van der Waals surface area contributed by atoms with E-state index in [0.29, 0.717) is 40.6 Å². The Hall–Kier alpha value is -3.64. The van der Waals surface area contributed by atoms with Crippen LogP contribution in [0, 0.1) is 0 Å². The second-order valence-corrected chi connectivity index (χ2v) is 8.78. The monoisotopic (exact) mass is 487 g/mol. The highest BCUT2D eigenvalue weighted by molar-refractivity contribution is 6.38. The van der Waals surface area contributed by atoms with Gasteiger partial charge < -0.3 is 13.7 Å². The molecule has 7 heteroatoms. The van der Waals surface area contributed by atoms with E-state index in [1.807, 2.05) is 42.5 Å². The summed E-state index contributed by atoms with van der Waals surface area (Å²) in [5.41, 5.74) is 4.53. The van der Waals surface area contributed by atoms with E-state index >= 15 is 0 Å². The molecule has 0 radical (unpaired) electrons. The van der Waals surface area contributed by atoms with Crippen molar-refractivity contribution in [2.75, 3.05) is 6.61 Å². The van der Waals surface area contributed by atoms with E-state index in [9.17, 15) is 4.79 Å². The number of carbonyl (C=O) groups excluding carboxylic acids is 1. The molecule has 0 N–H and O–H groups in total. The maximum absolute atomic E-state index is 12.5. The molecular weight excluding hydrogens is 462 g/mol. The summed E-state index contributed by atoms with van der Waals surface area (Å²) < 4.78 is 13.5. The molecule has 0 fully saturated rings. The van der Waals surface area contributed by atoms with Crippen molar-refractivity contribution in [1.29, 1.82) is 0 Å². The summed E-state index contributed by atoms with van der Waals surface area (Å²) in [5, 5.41) is 1.27. The van der Waals surface area contributed by atoms with E-state index in [-0.39, 0.29) is 0 Å². The van der Waals surface area contributed by atoms with Crippen molar-refractivity contribution < 1.29 is 13.9 Å². The number of ether oxygens (including phenoxy) is 1. The molecule has 3 aromatic heterocycles. The number of hydrogen-bond acceptors (Lipinski definition) is 5. The second-order valence-electron chi connectivity index (χ2n) is 8.41. The zero-order valence-corrected chi connectivity index (χ0v) is 20.5. The van der Waals surface area contributed by atoms with Crippen LogP contribution >= 0.6 is 11.6 Å². The van der Waals surface area contributed by atoms with Crippen LogP contribution in [0.15, 0.2) is 65.2 Å². The number of imidazole rings is 1. The van der Waals surface area contributed by atoms with Crippen LogP contribution in [0.4, 0.5) is 0 Å². The standard InChI is InChI=1S/C28H26ClN3O3/c1-3-5-12-24-31-22-11-8-15-30-27(22)32(24)17-18-13-14-23-21(16-18)25(29)26(35-23)19-9-6-7-10-20(19)28(33)34-4-2/h6-11,13-16H,3-5,12,17H2,1-2H3. The Bertz CT molecular complexity index is 1520. The number of fused-ring (bicyclic) bond motifs is 2. The van der Waals surface area contributed by atoms with Crippen LogP contribution in [-0.4, -0.2) is 27.1 Å². The average molecular weight is 488 g/mol. The number of carbonyl (C=O) groups is 1. The molecule has 2 aromatic carbocycles. The minimum atomic E-state index is -0.403. The third kappa shape index (κ3) is 4.42. The van der Waals surface area contributed by atoms with E-state index in [1.54, 1.807) is 25.3 Å². The number of unbranched alkanes of at least 4 members (excludes halogenated alkanes) is 1. The Labute approximate surface area is 208 Å². The van der Waals surface area contributed by atoms with Crippen molar-refractivity contribution in [3.05, 3.63) is 82.8 Å². The molecule has 5 aromatic rings. The molecular formula is C28H26ClN3O3. The van der Waals surface area contributed by atoms with Crippen molar-refractivity contribution in [1.82, 2.24) is 14.5 Å². The third-order valence-electron chi connectivity index (χ3n) is 6.04. The first-order valence-corrected chi connectivity index (χ1v) is 12.3. The van der Waals surface area contributed by atoms with E-state index in [1.165, 1.54) is 0 Å². The van der Waals surface area contributed by atoms with Crippen molar-refractivity contribution in [2.45, 2.75) is 39.7 Å². The van der Waals surface area contributed by atoms with Gasteiger partial charge in [0.15, 0.2) is 11.4 Å². The van der Waals surface area contributed by atoms with Crippen LogP contribution in [0.5, 0.6) is 0 Å². The van der Waals surface area contributed by atoms with E-state index in [4.69, 9.17) is 25.7 Å². The maximum atomic E-state index is 12.5. The van der Waals surface area contributed by atoms with Gasteiger partial charge in [0.05, 0.1) is 23.7 Å². The quantitative estimate of drug-likeness (QED) is 0.219. The lowest BCUT2D eigenvalue weighted by Gasteiger charge is -2.09. The normalized spacial score (nSPS) is 11.4. The van der Waals surface area contributed by atoms with Gasteiger partial charge in [-0.1, -0.05) is 49.2 Å². The number of pyridine rings is 1. The lowest BCUT2D eigenvalue weighted by molar-refractivity contribution is 0.0527. The van der Waals surface area contributed by atoms with Gasteiger partial charge in [0.1, 0.15) is 16.9 Å². The molecule has 0 aliphatic rings. The highest BCUT2D eigenvalue weighted by atomic mass is 35.5. The number of aryl methyl sites for hydroxylation is 1. The zero-order chi connectivity index (χ0) is 24.4. The summed E-state index contributed by atoms with van der Waals surface area (Å²) in [6.45, 7) is 4.88. The van der Waals surface area contributed by atoms with Gasteiger partial charge >= 0.3 is 5.97 Å². The minimum Gasteiger partial charge on any atom is -0.462 e. The summed E-state index contributed by atoms with van der Waals surface area (Å²) >= 11 is 6.82. The number of rotatable bonds is 8. The Morgan fingerprint density at radius 1 is 1.11 bits per heavy atom. The van der Waals surface area contributed by atoms with Crippen LogP contribution in [-0.2, 0) is 17.7 Å². The molecule has 3 heterocycles. The number of halogens is 1. The second kappa shape index (κ2) is 9.92. The Balaban J connectivity index is 1.55. The predicted octanol–water partition coefficient (Wildman–Crippen LogP) is 7.07. The van der Waals surface area contributed by atoms with E-state index < -0.39 is 5.97 Å². The fourth-order valence-electron chi connectivity index (χ4n) is 4.33. The number of nitrogens with zero attached hydrogens (tertiary/aromatic N) is 3. The number of furan rings is 1. The Morgan fingerprint density at radius 3 is 2.80 bits per heavy atom. The molecule has 0 aliphatic heterocycles. The summed E-state index contributed by atoms with van der Waals surface area (Å²) in [6, 6.07) is 17.1. The van der Waals surface area contributed by atoms with Gasteiger partial charge in [0.2, 0.25) is 0 Å². The average Bonchev–Trinajstić information content (AvgIpc) is 3.40. The Morgan fingerprint density at radius 2 is 1.97 bits per heavy atom. The number of esters is 1. The molecule has 0 aliphatic carbocycles. The smallest absolute Gasteiger partial charge is 0.338 e. The molecule has 0 bridgehead atoms. The molecule has 0 atom stereocenters. The number of hydrogen-bond donors (Lipinski definition) is 0. The third-order valence-corrected chi connectivity index (χ3v) is 6.41. The summed E-state index contributed by atoms with van der Waals surface area (Å²) in [6.07, 6.45) is 4.87. The van der Waals surface area contributed by atoms with Crippen LogP contribution in [0.2, 0.25) is 5.02 Å². The fraction of sp³-hybridized carbons (Fsp3) is 0.250. The van der Waals surface area contributed by atoms with Gasteiger partial charge in [-0.15, -0.1) is 0 Å². The van der Waals surface area contributed by atoms with Gasteiger partial charge in [-0.2, -0.15) is 0 Å². The van der Waals surface area contributed by atoms with Gasteiger partial charge in [-0.25, -0.2) is 14.8 Å². The molecule has 0 saturated heterocycles. The topological polar surface area (TPSA) is 70.2 Å². The molecule has 0 unspecified atom stereocenters. The minimum absolute atomic E-state index is 0.294. The first-order valence-electron chi connectivity index (χ1n) is 11.9. The molecule has 5 rings (SSSR count). The highest BCUT2D eigenvalue weighted by Gasteiger charge is 2.21. The maximum Gasteiger partial charge on any atom is 0.338 e. The van der Waals surface area contributed by atoms with E-state index in [0.717, 1.165) is 47.2 Å². The first kappa shape index (κ1) is 23.1. The van der Waals surface area contributed by atoms with Crippen LogP contribution < -0.4 is 0 Å². The van der Waals surface area contributed by atoms with E-state index in [2.05, 4.69) is 16.5 Å². The molecule has 6 nitrogen and oxygen atoms in total. The predicted molar refractivity (Wildman–Crippen MR) is 138 cm³/mol. The van der Waals surface area contributed by atoms with Crippen molar-refractivity contribution >= 4 is 39.7 Å². The van der Waals surface area contributed by atoms with Gasteiger partial charge in [-0.3, -0.25) is 0 Å². The van der Waals surface area contributed by atoms with Crippen molar-refractivity contribution in [2.24, 2.45) is 0 Å². The van der Waals surface area contributed by atoms with Crippen LogP contribution in [0.25, 0.3) is 33.5 Å². The molecule has 35 heavy (non-hydrogen) atoms. The fourth-order valence-corrected chi connectivity index (χ4v) is 4.62. The summed E-state index contributed by atoms with van der Waals surface area (Å²) in [4.78, 5) is 21.9. The van der Waals surface area contributed by atoms with Crippen molar-refractivity contribution in [3.8, 4) is 11.3 Å². The lowest BCUT2D eigenvalue weighted by atomic mass is 10.0. The summed E-state index contributed by atoms with van der Waals surface area (Å²) in [5.74, 6) is 1.09.